The highest BCUT2D eigenvalue weighted by atomic mass is 19.4. The molecule has 0 saturated carbocycles. The van der Waals surface area contributed by atoms with E-state index >= 15 is 0 Å². The van der Waals surface area contributed by atoms with Gasteiger partial charge in [0, 0.05) is 56.7 Å². The maximum Gasteiger partial charge on any atom is 0.417 e. The molecule has 0 radical (unpaired) electrons. The van der Waals surface area contributed by atoms with Gasteiger partial charge < -0.3 is 15.1 Å². The van der Waals surface area contributed by atoms with Gasteiger partial charge in [-0.2, -0.15) is 26.3 Å². The zero-order valence-electron chi connectivity index (χ0n) is 21.0. The van der Waals surface area contributed by atoms with E-state index in [1.165, 1.54) is 18.3 Å². The molecule has 1 N–H and O–H groups in total. The summed E-state index contributed by atoms with van der Waals surface area (Å²) in [5, 5.41) is 3.10. The van der Waals surface area contributed by atoms with Gasteiger partial charge in [0.05, 0.1) is 16.8 Å². The van der Waals surface area contributed by atoms with E-state index in [9.17, 15) is 31.1 Å². The van der Waals surface area contributed by atoms with Crippen LogP contribution in [0.15, 0.2) is 42.7 Å². The van der Waals surface area contributed by atoms with E-state index in [4.69, 9.17) is 0 Å². The predicted molar refractivity (Wildman–Crippen MR) is 133 cm³/mol. The number of hydrogen-bond acceptors (Lipinski definition) is 4. The van der Waals surface area contributed by atoms with E-state index in [-0.39, 0.29) is 11.9 Å². The molecule has 4 rings (SSSR count). The Morgan fingerprint density at radius 3 is 2.26 bits per heavy atom. The van der Waals surface area contributed by atoms with Gasteiger partial charge in [0.2, 0.25) is 5.91 Å². The summed E-state index contributed by atoms with van der Waals surface area (Å²) >= 11 is 0. The number of nitrogens with zero attached hydrogens (tertiary/aromatic N) is 3. The summed E-state index contributed by atoms with van der Waals surface area (Å²) in [5.41, 5.74) is -0.372. The number of amides is 1. The third-order valence-electron chi connectivity index (χ3n) is 7.39. The molecule has 0 bridgehead atoms. The molecule has 2 aliphatic rings. The van der Waals surface area contributed by atoms with Crippen molar-refractivity contribution in [3.63, 3.8) is 0 Å². The van der Waals surface area contributed by atoms with Crippen LogP contribution in [-0.2, 0) is 17.1 Å². The first-order valence-electron chi connectivity index (χ1n) is 13.0. The molecule has 1 atom stereocenters. The van der Waals surface area contributed by atoms with Crippen molar-refractivity contribution in [1.29, 1.82) is 0 Å². The Morgan fingerprint density at radius 1 is 0.921 bits per heavy atom. The number of carbonyl (C=O) groups is 1. The number of anilines is 2. The maximum absolute atomic E-state index is 13.0. The molecule has 0 spiro atoms. The number of aromatic nitrogens is 1. The van der Waals surface area contributed by atoms with Gasteiger partial charge in [-0.25, -0.2) is 0 Å². The van der Waals surface area contributed by atoms with E-state index < -0.39 is 23.5 Å². The van der Waals surface area contributed by atoms with Crippen LogP contribution in [0.4, 0.5) is 37.7 Å². The van der Waals surface area contributed by atoms with Crippen molar-refractivity contribution in [3.05, 3.63) is 53.9 Å². The lowest BCUT2D eigenvalue weighted by atomic mass is 9.91. The molecule has 1 aromatic carbocycles. The average Bonchev–Trinajstić information content (AvgIpc) is 2.88. The molecule has 1 unspecified atom stereocenters. The standard InChI is InChI=1S/C27H32F6N4O/c28-26(29,30)20-6-8-24(9-7-20)36-13-10-19(11-14-36)3-1-5-25(38)37-12-2-4-22(18-37)35-23-15-21(16-34-17-23)27(31,32)33/h6-9,15-17,19,22,35H,1-5,10-14,18H2. The quantitative estimate of drug-likeness (QED) is 0.400. The van der Waals surface area contributed by atoms with Gasteiger partial charge >= 0.3 is 12.4 Å². The van der Waals surface area contributed by atoms with Gasteiger partial charge in [0.25, 0.3) is 0 Å². The number of halogens is 6. The second-order valence-electron chi connectivity index (χ2n) is 10.2. The molecule has 2 aliphatic heterocycles. The molecule has 1 amide bonds. The molecular weight excluding hydrogens is 510 g/mol. The summed E-state index contributed by atoms with van der Waals surface area (Å²) < 4.78 is 77.2. The third-order valence-corrected chi connectivity index (χ3v) is 7.39. The molecule has 38 heavy (non-hydrogen) atoms. The van der Waals surface area contributed by atoms with Crippen molar-refractivity contribution < 1.29 is 31.1 Å². The van der Waals surface area contributed by atoms with Crippen molar-refractivity contribution >= 4 is 17.3 Å². The number of likely N-dealkylation sites (tertiary alicyclic amines) is 1. The fraction of sp³-hybridized carbons (Fsp3) is 0.556. The number of rotatable bonds is 7. The summed E-state index contributed by atoms with van der Waals surface area (Å²) in [5.74, 6) is 0.526. The van der Waals surface area contributed by atoms with Crippen molar-refractivity contribution in [2.75, 3.05) is 36.4 Å². The van der Waals surface area contributed by atoms with Gasteiger partial charge in [-0.1, -0.05) is 0 Å². The number of hydrogen-bond donors (Lipinski definition) is 1. The minimum absolute atomic E-state index is 0.0563. The lowest BCUT2D eigenvalue weighted by Crippen LogP contribution is -2.45. The summed E-state index contributed by atoms with van der Waals surface area (Å²) in [4.78, 5) is 20.4. The van der Waals surface area contributed by atoms with E-state index in [1.54, 1.807) is 4.90 Å². The third kappa shape index (κ3) is 7.54. The summed E-state index contributed by atoms with van der Waals surface area (Å²) in [6, 6.07) is 6.18. The second kappa shape index (κ2) is 11.8. The van der Waals surface area contributed by atoms with Crippen LogP contribution in [0.1, 0.15) is 56.1 Å². The van der Waals surface area contributed by atoms with Gasteiger partial charge in [-0.3, -0.25) is 9.78 Å². The van der Waals surface area contributed by atoms with Crippen LogP contribution in [0, 0.1) is 5.92 Å². The normalized spacial score (nSPS) is 19.5. The Morgan fingerprint density at radius 2 is 1.61 bits per heavy atom. The Labute approximate surface area is 218 Å². The Bertz CT molecular complexity index is 1060. The van der Waals surface area contributed by atoms with Crippen molar-refractivity contribution in [2.24, 2.45) is 5.92 Å². The molecular formula is C27H32F6N4O. The van der Waals surface area contributed by atoms with Crippen LogP contribution in [0.25, 0.3) is 0 Å². The molecule has 2 aromatic rings. The zero-order chi connectivity index (χ0) is 27.3. The Kier molecular flexibility index (Phi) is 8.72. The molecule has 2 saturated heterocycles. The first-order chi connectivity index (χ1) is 18.0. The lowest BCUT2D eigenvalue weighted by molar-refractivity contribution is -0.138. The second-order valence-corrected chi connectivity index (χ2v) is 10.2. The van der Waals surface area contributed by atoms with Crippen LogP contribution in [0.2, 0.25) is 0 Å². The van der Waals surface area contributed by atoms with Crippen molar-refractivity contribution in [3.8, 4) is 0 Å². The summed E-state index contributed by atoms with van der Waals surface area (Å²) in [7, 11) is 0. The SMILES string of the molecule is O=C(CCCC1CCN(c2ccc(C(F)(F)F)cc2)CC1)N1CCCC(Nc2cncc(C(F)(F)F)c2)C1. The highest BCUT2D eigenvalue weighted by Gasteiger charge is 2.32. The van der Waals surface area contributed by atoms with E-state index in [0.717, 1.165) is 81.7 Å². The Hall–Kier alpha value is -2.98. The van der Waals surface area contributed by atoms with E-state index in [2.05, 4.69) is 15.2 Å². The largest absolute Gasteiger partial charge is 0.417 e. The molecule has 3 heterocycles. The van der Waals surface area contributed by atoms with Crippen LogP contribution in [0.3, 0.4) is 0 Å². The average molecular weight is 543 g/mol. The number of benzene rings is 1. The number of alkyl halides is 6. The summed E-state index contributed by atoms with van der Waals surface area (Å²) in [6.45, 7) is 2.63. The molecule has 5 nitrogen and oxygen atoms in total. The van der Waals surface area contributed by atoms with Gasteiger partial charge in [0.1, 0.15) is 0 Å². The minimum Gasteiger partial charge on any atom is -0.379 e. The van der Waals surface area contributed by atoms with E-state index in [1.807, 2.05) is 0 Å². The summed E-state index contributed by atoms with van der Waals surface area (Å²) in [6.07, 6.45) is -1.15. The van der Waals surface area contributed by atoms with Gasteiger partial charge in [-0.05, 0) is 74.8 Å². The molecule has 1 aromatic heterocycles. The van der Waals surface area contributed by atoms with Crippen LogP contribution >= 0.6 is 0 Å². The molecule has 2 fully saturated rings. The number of pyridine rings is 1. The highest BCUT2D eigenvalue weighted by molar-refractivity contribution is 5.76. The fourth-order valence-corrected chi connectivity index (χ4v) is 5.27. The number of carbonyl (C=O) groups excluding carboxylic acids is 1. The van der Waals surface area contributed by atoms with Crippen molar-refractivity contribution in [1.82, 2.24) is 9.88 Å². The smallest absolute Gasteiger partial charge is 0.379 e. The van der Waals surface area contributed by atoms with Crippen LogP contribution in [0.5, 0.6) is 0 Å². The van der Waals surface area contributed by atoms with E-state index in [0.29, 0.717) is 31.1 Å². The first-order valence-corrected chi connectivity index (χ1v) is 13.0. The minimum atomic E-state index is -4.46. The predicted octanol–water partition coefficient (Wildman–Crippen LogP) is 6.61. The maximum atomic E-state index is 13.0. The zero-order valence-corrected chi connectivity index (χ0v) is 21.0. The number of nitrogens with one attached hydrogen (secondary N) is 1. The highest BCUT2D eigenvalue weighted by Crippen LogP contribution is 2.33. The van der Waals surface area contributed by atoms with Crippen molar-refractivity contribution in [2.45, 2.75) is 63.3 Å². The molecule has 208 valence electrons. The number of piperidine rings is 2. The fourth-order valence-electron chi connectivity index (χ4n) is 5.27. The van der Waals surface area contributed by atoms with Crippen LogP contribution < -0.4 is 10.2 Å². The molecule has 0 aliphatic carbocycles. The first kappa shape index (κ1) is 28.0. The Balaban J connectivity index is 1.18. The van der Waals surface area contributed by atoms with Crippen LogP contribution in [-0.4, -0.2) is 48.0 Å². The lowest BCUT2D eigenvalue weighted by Gasteiger charge is -2.35. The monoisotopic (exact) mass is 542 g/mol. The van der Waals surface area contributed by atoms with Gasteiger partial charge in [0.15, 0.2) is 0 Å². The topological polar surface area (TPSA) is 48.5 Å². The van der Waals surface area contributed by atoms with Gasteiger partial charge in [-0.15, -0.1) is 0 Å². The molecule has 11 heteroatoms.